The molecule has 0 aromatic carbocycles. The number of hydrogen-bond donors (Lipinski definition) is 1. The van der Waals surface area contributed by atoms with E-state index in [0.29, 0.717) is 0 Å². The van der Waals surface area contributed by atoms with Gasteiger partial charge < -0.3 is 5.73 Å². The molecule has 0 radical (unpaired) electrons. The fourth-order valence-electron chi connectivity index (χ4n) is 1.89. The molecule has 92 valence electrons. The van der Waals surface area contributed by atoms with Crippen LogP contribution in [0, 0.1) is 0 Å². The zero-order valence-corrected chi connectivity index (χ0v) is 10.5. The smallest absolute Gasteiger partial charge is 0.0910 e. The van der Waals surface area contributed by atoms with Crippen LogP contribution in [0.1, 0.15) is 37.0 Å². The lowest BCUT2D eigenvalue weighted by atomic mass is 10.1. The van der Waals surface area contributed by atoms with Crippen molar-refractivity contribution in [2.45, 2.75) is 32.9 Å². The number of aromatic nitrogens is 5. The summed E-state index contributed by atoms with van der Waals surface area (Å²) in [6.45, 7) is 4.96. The molecule has 0 aliphatic rings. The summed E-state index contributed by atoms with van der Waals surface area (Å²) in [4.78, 5) is 0. The molecule has 0 saturated heterocycles. The van der Waals surface area contributed by atoms with Gasteiger partial charge >= 0.3 is 0 Å². The minimum atomic E-state index is -0.234. The Morgan fingerprint density at radius 3 is 2.65 bits per heavy atom. The second-order valence-corrected chi connectivity index (χ2v) is 3.99. The molecule has 0 bridgehead atoms. The van der Waals surface area contributed by atoms with Gasteiger partial charge in [-0.3, -0.25) is 9.36 Å². The van der Waals surface area contributed by atoms with Crippen LogP contribution < -0.4 is 5.73 Å². The van der Waals surface area contributed by atoms with E-state index in [-0.39, 0.29) is 6.04 Å². The zero-order chi connectivity index (χ0) is 12.4. The van der Waals surface area contributed by atoms with Crippen LogP contribution in [0.4, 0.5) is 0 Å². The zero-order valence-electron chi connectivity index (χ0n) is 10.5. The number of rotatable bonds is 4. The Kier molecular flexibility index (Phi) is 3.23. The molecule has 0 saturated carbocycles. The van der Waals surface area contributed by atoms with Gasteiger partial charge in [-0.15, -0.1) is 5.10 Å². The Morgan fingerprint density at radius 1 is 1.35 bits per heavy atom. The van der Waals surface area contributed by atoms with Crippen LogP contribution in [0.25, 0.3) is 0 Å². The van der Waals surface area contributed by atoms with Crippen molar-refractivity contribution in [3.63, 3.8) is 0 Å². The van der Waals surface area contributed by atoms with E-state index < -0.39 is 0 Å². The van der Waals surface area contributed by atoms with Crippen LogP contribution in [-0.4, -0.2) is 24.8 Å². The number of hydrogen-bond acceptors (Lipinski definition) is 4. The maximum absolute atomic E-state index is 6.24. The summed E-state index contributed by atoms with van der Waals surface area (Å²) < 4.78 is 3.64. The van der Waals surface area contributed by atoms with Crippen LogP contribution >= 0.6 is 0 Å². The second kappa shape index (κ2) is 4.67. The van der Waals surface area contributed by atoms with Crippen LogP contribution in [0.3, 0.4) is 0 Å². The SMILES string of the molecule is CCc1cc(C(N)c2cnnn2C)n(CC)n1. The van der Waals surface area contributed by atoms with Crippen molar-refractivity contribution in [3.8, 4) is 0 Å². The van der Waals surface area contributed by atoms with Crippen LogP contribution in [0.5, 0.6) is 0 Å². The van der Waals surface area contributed by atoms with Gasteiger partial charge in [0.25, 0.3) is 0 Å². The van der Waals surface area contributed by atoms with Gasteiger partial charge in [-0.1, -0.05) is 12.1 Å². The Morgan fingerprint density at radius 2 is 2.12 bits per heavy atom. The fourth-order valence-corrected chi connectivity index (χ4v) is 1.89. The average molecular weight is 234 g/mol. The summed E-state index contributed by atoms with van der Waals surface area (Å²) in [5, 5.41) is 12.3. The second-order valence-electron chi connectivity index (χ2n) is 3.99. The summed E-state index contributed by atoms with van der Waals surface area (Å²) in [5.41, 5.74) is 9.21. The maximum Gasteiger partial charge on any atom is 0.0910 e. The molecule has 2 heterocycles. The molecule has 2 aromatic heterocycles. The highest BCUT2D eigenvalue weighted by molar-refractivity contribution is 5.22. The van der Waals surface area contributed by atoms with Crippen molar-refractivity contribution in [2.75, 3.05) is 0 Å². The largest absolute Gasteiger partial charge is 0.318 e. The summed E-state index contributed by atoms with van der Waals surface area (Å²) >= 11 is 0. The molecular formula is C11H18N6. The third-order valence-electron chi connectivity index (χ3n) is 2.91. The average Bonchev–Trinajstić information content (AvgIpc) is 2.93. The third kappa shape index (κ3) is 2.08. The first-order valence-corrected chi connectivity index (χ1v) is 5.84. The minimum absolute atomic E-state index is 0.234. The van der Waals surface area contributed by atoms with Gasteiger partial charge in [0.2, 0.25) is 0 Å². The van der Waals surface area contributed by atoms with E-state index in [9.17, 15) is 0 Å². The summed E-state index contributed by atoms with van der Waals surface area (Å²) in [6.07, 6.45) is 2.61. The highest BCUT2D eigenvalue weighted by atomic mass is 15.4. The summed E-state index contributed by atoms with van der Waals surface area (Å²) in [6, 6.07) is 1.82. The molecule has 0 aliphatic carbocycles. The Hall–Kier alpha value is -1.69. The van der Waals surface area contributed by atoms with Gasteiger partial charge in [0.05, 0.1) is 29.3 Å². The van der Waals surface area contributed by atoms with Crippen molar-refractivity contribution in [1.82, 2.24) is 24.8 Å². The van der Waals surface area contributed by atoms with Crippen molar-refractivity contribution in [2.24, 2.45) is 12.8 Å². The number of aryl methyl sites for hydroxylation is 3. The first-order chi connectivity index (χ1) is 8.17. The lowest BCUT2D eigenvalue weighted by molar-refractivity contribution is 0.572. The molecule has 0 amide bonds. The first-order valence-electron chi connectivity index (χ1n) is 5.84. The monoisotopic (exact) mass is 234 g/mol. The molecule has 17 heavy (non-hydrogen) atoms. The maximum atomic E-state index is 6.24. The van der Waals surface area contributed by atoms with E-state index in [4.69, 9.17) is 5.73 Å². The molecule has 2 rings (SSSR count). The van der Waals surface area contributed by atoms with Gasteiger partial charge in [-0.2, -0.15) is 5.10 Å². The highest BCUT2D eigenvalue weighted by Gasteiger charge is 2.18. The Bertz CT molecular complexity index is 498. The molecule has 1 unspecified atom stereocenters. The predicted octanol–water partition coefficient (Wildman–Crippen LogP) is 0.642. The van der Waals surface area contributed by atoms with Gasteiger partial charge in [-0.05, 0) is 19.4 Å². The predicted molar refractivity (Wildman–Crippen MR) is 64.3 cm³/mol. The van der Waals surface area contributed by atoms with E-state index in [2.05, 4.69) is 35.3 Å². The summed E-state index contributed by atoms with van der Waals surface area (Å²) in [7, 11) is 1.84. The summed E-state index contributed by atoms with van der Waals surface area (Å²) in [5.74, 6) is 0. The number of nitrogens with zero attached hydrogens (tertiary/aromatic N) is 5. The van der Waals surface area contributed by atoms with Gasteiger partial charge in [-0.25, -0.2) is 0 Å². The normalized spacial score (nSPS) is 12.9. The molecule has 0 spiro atoms. The molecule has 0 fully saturated rings. The molecule has 2 N–H and O–H groups in total. The van der Waals surface area contributed by atoms with E-state index in [1.807, 2.05) is 11.7 Å². The van der Waals surface area contributed by atoms with Crippen LogP contribution in [0.15, 0.2) is 12.3 Å². The lowest BCUT2D eigenvalue weighted by Crippen LogP contribution is -2.19. The lowest BCUT2D eigenvalue weighted by Gasteiger charge is -2.12. The molecule has 0 aliphatic heterocycles. The molecular weight excluding hydrogens is 216 g/mol. The highest BCUT2D eigenvalue weighted by Crippen LogP contribution is 2.19. The van der Waals surface area contributed by atoms with Crippen molar-refractivity contribution in [1.29, 1.82) is 0 Å². The molecule has 2 aromatic rings. The quantitative estimate of drug-likeness (QED) is 0.842. The third-order valence-corrected chi connectivity index (χ3v) is 2.91. The van der Waals surface area contributed by atoms with Crippen molar-refractivity contribution < 1.29 is 0 Å². The van der Waals surface area contributed by atoms with E-state index in [1.165, 1.54) is 0 Å². The van der Waals surface area contributed by atoms with Gasteiger partial charge in [0.1, 0.15) is 0 Å². The Labute approximate surface area is 100 Å². The van der Waals surface area contributed by atoms with E-state index >= 15 is 0 Å². The molecule has 1 atom stereocenters. The Balaban J connectivity index is 2.39. The molecule has 6 nitrogen and oxygen atoms in total. The van der Waals surface area contributed by atoms with E-state index in [0.717, 1.165) is 30.0 Å². The van der Waals surface area contributed by atoms with E-state index in [1.54, 1.807) is 10.9 Å². The van der Waals surface area contributed by atoms with Crippen LogP contribution in [0.2, 0.25) is 0 Å². The van der Waals surface area contributed by atoms with Gasteiger partial charge in [0, 0.05) is 13.6 Å². The topological polar surface area (TPSA) is 74.5 Å². The van der Waals surface area contributed by atoms with Crippen molar-refractivity contribution in [3.05, 3.63) is 29.3 Å². The van der Waals surface area contributed by atoms with Crippen LogP contribution in [-0.2, 0) is 20.0 Å². The standard InChI is InChI=1S/C11H18N6/c1-4-8-6-9(17(5-2)14-8)11(12)10-7-13-15-16(10)3/h6-7,11H,4-5,12H2,1-3H3. The molecule has 6 heteroatoms. The number of nitrogens with two attached hydrogens (primary N) is 1. The van der Waals surface area contributed by atoms with Crippen molar-refractivity contribution >= 4 is 0 Å². The minimum Gasteiger partial charge on any atom is -0.318 e. The first kappa shape index (κ1) is 11.8. The fraction of sp³-hybridized carbons (Fsp3) is 0.545. The van der Waals surface area contributed by atoms with Gasteiger partial charge in [0.15, 0.2) is 0 Å².